The molecule has 4 nitrogen and oxygen atoms in total. The maximum absolute atomic E-state index is 13.9. The average molecular weight is 431 g/mol. The molecule has 1 aliphatic carbocycles. The minimum Gasteiger partial charge on any atom is -0.306 e. The first kappa shape index (κ1) is 19.0. The number of hydrogen-bond donors (Lipinski definition) is 1. The highest BCUT2D eigenvalue weighted by Crippen LogP contribution is 2.43. The van der Waals surface area contributed by atoms with Crippen LogP contribution in [0.3, 0.4) is 0 Å². The van der Waals surface area contributed by atoms with Gasteiger partial charge in [-0.3, -0.25) is 4.57 Å². The number of rotatable bonds is 2. The van der Waals surface area contributed by atoms with Crippen molar-refractivity contribution in [3.05, 3.63) is 75.0 Å². The third kappa shape index (κ3) is 3.45. The molecule has 7 heteroatoms. The molecule has 0 unspecified atom stereocenters. The fourth-order valence-corrected chi connectivity index (χ4v) is 5.17. The van der Waals surface area contributed by atoms with Gasteiger partial charge >= 0.3 is 0 Å². The molecular formula is C22H21Cl2FN4. The summed E-state index contributed by atoms with van der Waals surface area (Å²) in [5, 5.41) is 13.4. The largest absolute Gasteiger partial charge is 0.306 e. The second-order valence-electron chi connectivity index (χ2n) is 7.88. The maximum Gasteiger partial charge on any atom is 0.151 e. The van der Waals surface area contributed by atoms with E-state index >= 15 is 0 Å². The van der Waals surface area contributed by atoms with Crippen LogP contribution in [0.25, 0.3) is 5.69 Å². The molecular weight excluding hydrogens is 410 g/mol. The highest BCUT2D eigenvalue weighted by Gasteiger charge is 2.30. The summed E-state index contributed by atoms with van der Waals surface area (Å²) in [4.78, 5) is 0. The van der Waals surface area contributed by atoms with Crippen LogP contribution in [-0.4, -0.2) is 14.8 Å². The predicted molar refractivity (Wildman–Crippen MR) is 112 cm³/mol. The minimum atomic E-state index is -0.336. The molecule has 2 aliphatic rings. The van der Waals surface area contributed by atoms with Crippen LogP contribution in [-0.2, 0) is 13.1 Å². The van der Waals surface area contributed by atoms with Gasteiger partial charge in [0.1, 0.15) is 11.6 Å². The molecule has 3 aromatic rings. The highest BCUT2D eigenvalue weighted by atomic mass is 35.5. The van der Waals surface area contributed by atoms with Crippen LogP contribution in [0.15, 0.2) is 36.4 Å². The van der Waals surface area contributed by atoms with Gasteiger partial charge in [0, 0.05) is 17.5 Å². The van der Waals surface area contributed by atoms with Gasteiger partial charge in [-0.05, 0) is 67.0 Å². The molecule has 5 rings (SSSR count). The molecule has 2 aromatic carbocycles. The monoisotopic (exact) mass is 430 g/mol. The van der Waals surface area contributed by atoms with E-state index in [1.165, 1.54) is 6.07 Å². The van der Waals surface area contributed by atoms with Gasteiger partial charge in [0.05, 0.1) is 17.3 Å². The third-order valence-electron chi connectivity index (χ3n) is 6.15. The first-order chi connectivity index (χ1) is 14.1. The van der Waals surface area contributed by atoms with E-state index in [2.05, 4.69) is 26.1 Å². The summed E-state index contributed by atoms with van der Waals surface area (Å²) in [5.74, 6) is 2.21. The molecule has 0 amide bonds. The Morgan fingerprint density at radius 1 is 0.966 bits per heavy atom. The minimum absolute atomic E-state index is 0.268. The highest BCUT2D eigenvalue weighted by molar-refractivity contribution is 6.31. The van der Waals surface area contributed by atoms with E-state index in [9.17, 15) is 4.39 Å². The van der Waals surface area contributed by atoms with E-state index < -0.39 is 0 Å². The van der Waals surface area contributed by atoms with Crippen LogP contribution >= 0.6 is 23.2 Å². The molecule has 0 bridgehead atoms. The molecule has 1 N–H and O–H groups in total. The predicted octanol–water partition coefficient (Wildman–Crippen LogP) is 5.76. The normalized spacial score (nSPS) is 21.3. The van der Waals surface area contributed by atoms with Gasteiger partial charge in [-0.1, -0.05) is 35.3 Å². The van der Waals surface area contributed by atoms with Crippen molar-refractivity contribution in [2.24, 2.45) is 0 Å². The van der Waals surface area contributed by atoms with Crippen molar-refractivity contribution in [3.8, 4) is 5.69 Å². The van der Waals surface area contributed by atoms with Gasteiger partial charge in [-0.25, -0.2) is 4.39 Å². The van der Waals surface area contributed by atoms with Crippen LogP contribution in [0.4, 0.5) is 4.39 Å². The molecule has 1 aliphatic heterocycles. The Morgan fingerprint density at radius 3 is 2.59 bits per heavy atom. The van der Waals surface area contributed by atoms with E-state index in [-0.39, 0.29) is 16.8 Å². The van der Waals surface area contributed by atoms with Crippen LogP contribution in [0.1, 0.15) is 60.3 Å². The summed E-state index contributed by atoms with van der Waals surface area (Å²) in [6.07, 6.45) is 3.88. The summed E-state index contributed by atoms with van der Waals surface area (Å²) >= 11 is 12.4. The Kier molecular flexibility index (Phi) is 5.06. The lowest BCUT2D eigenvalue weighted by Crippen LogP contribution is -2.17. The number of hydrogen-bond acceptors (Lipinski definition) is 3. The van der Waals surface area contributed by atoms with E-state index in [1.807, 2.05) is 18.2 Å². The summed E-state index contributed by atoms with van der Waals surface area (Å²) in [6, 6.07) is 11.1. The Morgan fingerprint density at radius 2 is 1.76 bits per heavy atom. The molecule has 2 heterocycles. The molecule has 1 aromatic heterocycles. The Labute approximate surface area is 179 Å². The lowest BCUT2D eigenvalue weighted by Gasteiger charge is -2.29. The first-order valence-corrected chi connectivity index (χ1v) is 10.7. The van der Waals surface area contributed by atoms with E-state index in [1.54, 1.807) is 6.07 Å². The molecule has 0 spiro atoms. The zero-order valence-corrected chi connectivity index (χ0v) is 17.3. The smallest absolute Gasteiger partial charge is 0.151 e. The number of fused-ring (bicyclic) bond motifs is 3. The first-order valence-electron chi connectivity index (χ1n) is 9.99. The molecule has 0 saturated heterocycles. The van der Waals surface area contributed by atoms with Crippen LogP contribution in [0.2, 0.25) is 10.0 Å². The third-order valence-corrected chi connectivity index (χ3v) is 6.78. The van der Waals surface area contributed by atoms with Gasteiger partial charge in [-0.2, -0.15) is 0 Å². The maximum atomic E-state index is 13.9. The topological polar surface area (TPSA) is 42.7 Å². The Balaban J connectivity index is 1.43. The molecule has 1 saturated carbocycles. The van der Waals surface area contributed by atoms with Crippen molar-refractivity contribution in [1.82, 2.24) is 20.1 Å². The van der Waals surface area contributed by atoms with Crippen LogP contribution in [0.5, 0.6) is 0 Å². The van der Waals surface area contributed by atoms with Crippen LogP contribution < -0.4 is 5.32 Å². The quantitative estimate of drug-likeness (QED) is 0.561. The fraction of sp³-hybridized carbons (Fsp3) is 0.364. The van der Waals surface area contributed by atoms with E-state index in [0.29, 0.717) is 12.5 Å². The molecule has 1 fully saturated rings. The van der Waals surface area contributed by atoms with Gasteiger partial charge in [0.25, 0.3) is 0 Å². The van der Waals surface area contributed by atoms with Crippen molar-refractivity contribution < 1.29 is 4.39 Å². The average Bonchev–Trinajstić information content (AvgIpc) is 3.06. The number of nitrogens with zero attached hydrogens (tertiary/aromatic N) is 3. The van der Waals surface area contributed by atoms with Gasteiger partial charge in [0.2, 0.25) is 0 Å². The number of halogens is 3. The number of benzene rings is 2. The molecule has 0 radical (unpaired) electrons. The zero-order valence-electron chi connectivity index (χ0n) is 15.8. The van der Waals surface area contributed by atoms with Crippen molar-refractivity contribution in [2.75, 3.05) is 0 Å². The van der Waals surface area contributed by atoms with Crippen molar-refractivity contribution >= 4 is 23.2 Å². The van der Waals surface area contributed by atoms with Crippen molar-refractivity contribution in [3.63, 3.8) is 0 Å². The standard InChI is InChI=1S/C22H21Cl2FN4/c23-16-8-9-19-15(10-16)11-26-12-20-27-28-22(29(19)20)14-6-4-13(5-7-14)17-2-1-3-18(25)21(17)24/h1-3,8-10,13-14,26H,4-7,11-12H2/t13-,14-. The number of aromatic nitrogens is 3. The van der Waals surface area contributed by atoms with Gasteiger partial charge < -0.3 is 5.32 Å². The SMILES string of the molecule is Fc1cccc([C@H]2CC[C@H](c3nnc4n3-c3ccc(Cl)cc3CNC4)CC2)c1Cl. The Bertz CT molecular complexity index is 1060. The summed E-state index contributed by atoms with van der Waals surface area (Å²) in [7, 11) is 0. The lowest BCUT2D eigenvalue weighted by atomic mass is 9.78. The summed E-state index contributed by atoms with van der Waals surface area (Å²) in [6.45, 7) is 1.43. The van der Waals surface area contributed by atoms with E-state index in [4.69, 9.17) is 23.2 Å². The van der Waals surface area contributed by atoms with Crippen molar-refractivity contribution in [2.45, 2.75) is 50.6 Å². The number of nitrogens with one attached hydrogen (secondary N) is 1. The second kappa shape index (κ2) is 7.71. The summed E-state index contributed by atoms with van der Waals surface area (Å²) in [5.41, 5.74) is 3.18. The fourth-order valence-electron chi connectivity index (χ4n) is 4.69. The van der Waals surface area contributed by atoms with Crippen LogP contribution in [0, 0.1) is 5.82 Å². The van der Waals surface area contributed by atoms with Gasteiger partial charge in [-0.15, -0.1) is 10.2 Å². The zero-order chi connectivity index (χ0) is 20.0. The molecule has 150 valence electrons. The Hall–Kier alpha value is -1.95. The molecule has 0 atom stereocenters. The second-order valence-corrected chi connectivity index (χ2v) is 8.69. The van der Waals surface area contributed by atoms with Gasteiger partial charge in [0.15, 0.2) is 5.82 Å². The summed E-state index contributed by atoms with van der Waals surface area (Å²) < 4.78 is 16.1. The molecule has 29 heavy (non-hydrogen) atoms. The lowest BCUT2D eigenvalue weighted by molar-refractivity contribution is 0.381. The van der Waals surface area contributed by atoms with E-state index in [0.717, 1.165) is 65.7 Å². The van der Waals surface area contributed by atoms with Crippen molar-refractivity contribution in [1.29, 1.82) is 0 Å².